The van der Waals surface area contributed by atoms with E-state index >= 15 is 0 Å². The number of carbonyl (C=O) groups is 1. The first-order chi connectivity index (χ1) is 12.6. The summed E-state index contributed by atoms with van der Waals surface area (Å²) in [4.78, 5) is 28.9. The second-order valence-electron chi connectivity index (χ2n) is 6.27. The Labute approximate surface area is 153 Å². The van der Waals surface area contributed by atoms with Crippen LogP contribution in [0.15, 0.2) is 34.2 Å². The fourth-order valence-corrected chi connectivity index (χ4v) is 4.05. The van der Waals surface area contributed by atoms with E-state index in [2.05, 4.69) is 15.2 Å². The number of aromatic amines is 1. The Morgan fingerprint density at radius 2 is 2.15 bits per heavy atom. The molecule has 0 radical (unpaired) electrons. The van der Waals surface area contributed by atoms with Gasteiger partial charge < -0.3 is 4.74 Å². The maximum atomic E-state index is 12.4. The molecule has 4 rings (SSSR count). The predicted molar refractivity (Wildman–Crippen MR) is 98.5 cm³/mol. The van der Waals surface area contributed by atoms with E-state index in [1.54, 1.807) is 4.57 Å². The molecule has 134 valence electrons. The Bertz CT molecular complexity index is 1050. The minimum atomic E-state index is -0.405. The molecule has 2 aromatic heterocycles. The van der Waals surface area contributed by atoms with Crippen LogP contribution < -0.4 is 5.69 Å². The van der Waals surface area contributed by atoms with Crippen molar-refractivity contribution in [1.29, 1.82) is 0 Å². The third kappa shape index (κ3) is 2.90. The van der Waals surface area contributed by atoms with E-state index in [4.69, 9.17) is 4.74 Å². The number of methoxy groups -OCH3 is 1. The van der Waals surface area contributed by atoms with Crippen molar-refractivity contribution in [2.45, 2.75) is 36.7 Å². The molecule has 1 fully saturated rings. The average molecular weight is 370 g/mol. The van der Waals surface area contributed by atoms with Crippen LogP contribution in [0.25, 0.3) is 10.9 Å². The summed E-state index contributed by atoms with van der Waals surface area (Å²) in [5.74, 6) is 0.0191. The highest BCUT2D eigenvalue weighted by Gasteiger charge is 2.29. The van der Waals surface area contributed by atoms with Crippen molar-refractivity contribution in [1.82, 2.24) is 19.7 Å². The van der Waals surface area contributed by atoms with Crippen molar-refractivity contribution in [2.24, 2.45) is 0 Å². The minimum absolute atomic E-state index is 0.189. The molecule has 1 N–H and O–H groups in total. The highest BCUT2D eigenvalue weighted by molar-refractivity contribution is 7.98. The number of aromatic nitrogens is 4. The van der Waals surface area contributed by atoms with E-state index in [0.717, 1.165) is 29.3 Å². The predicted octanol–water partition coefficient (Wildman–Crippen LogP) is 2.84. The van der Waals surface area contributed by atoms with E-state index in [1.165, 1.54) is 18.9 Å². The van der Waals surface area contributed by atoms with Gasteiger partial charge in [-0.3, -0.25) is 9.55 Å². The molecule has 1 aliphatic rings. The quantitative estimate of drug-likeness (QED) is 0.549. The number of nitrogens with one attached hydrogen (secondary N) is 1. The largest absolute Gasteiger partial charge is 0.465 e. The van der Waals surface area contributed by atoms with E-state index in [1.807, 2.05) is 31.2 Å². The summed E-state index contributed by atoms with van der Waals surface area (Å²) in [6, 6.07) is 7.94. The van der Waals surface area contributed by atoms with Gasteiger partial charge in [0.1, 0.15) is 0 Å². The molecule has 1 aliphatic carbocycles. The number of H-pyrrole nitrogens is 1. The number of hydrogen-bond acceptors (Lipinski definition) is 6. The normalized spacial score (nSPS) is 13.9. The van der Waals surface area contributed by atoms with Crippen LogP contribution in [-0.4, -0.2) is 32.8 Å². The molecule has 0 amide bonds. The fraction of sp³-hybridized carbons (Fsp3) is 0.333. The van der Waals surface area contributed by atoms with Crippen LogP contribution in [0, 0.1) is 6.92 Å². The Morgan fingerprint density at radius 1 is 1.38 bits per heavy atom. The number of ether oxygens (including phenoxy) is 1. The van der Waals surface area contributed by atoms with Gasteiger partial charge in [-0.15, -0.1) is 5.10 Å². The minimum Gasteiger partial charge on any atom is -0.465 e. The number of carbonyl (C=O) groups excluding carboxylic acids is 1. The Kier molecular flexibility index (Phi) is 4.28. The number of thioether (sulfide) groups is 1. The number of fused-ring (bicyclic) bond motifs is 1. The Morgan fingerprint density at radius 3 is 2.88 bits per heavy atom. The number of rotatable bonds is 5. The summed E-state index contributed by atoms with van der Waals surface area (Å²) in [5, 5.41) is 8.18. The van der Waals surface area contributed by atoms with Gasteiger partial charge in [0.25, 0.3) is 0 Å². The lowest BCUT2D eigenvalue weighted by atomic mass is 10.0. The van der Waals surface area contributed by atoms with Crippen LogP contribution in [0.1, 0.15) is 40.5 Å². The first kappa shape index (κ1) is 16.8. The third-order valence-electron chi connectivity index (χ3n) is 4.54. The number of para-hydroxylation sites is 1. The third-order valence-corrected chi connectivity index (χ3v) is 5.50. The highest BCUT2D eigenvalue weighted by Crippen LogP contribution is 2.37. The van der Waals surface area contributed by atoms with Crippen LogP contribution in [-0.2, 0) is 10.5 Å². The van der Waals surface area contributed by atoms with Gasteiger partial charge >= 0.3 is 11.7 Å². The number of esters is 1. The first-order valence-corrected chi connectivity index (χ1v) is 9.35. The van der Waals surface area contributed by atoms with Crippen molar-refractivity contribution in [3.05, 3.63) is 51.6 Å². The van der Waals surface area contributed by atoms with Gasteiger partial charge in [0, 0.05) is 17.2 Å². The smallest absolute Gasteiger partial charge is 0.344 e. The van der Waals surface area contributed by atoms with E-state index in [0.29, 0.717) is 22.2 Å². The molecule has 0 saturated heterocycles. The zero-order valence-electron chi connectivity index (χ0n) is 14.5. The van der Waals surface area contributed by atoms with Crippen molar-refractivity contribution in [3.63, 3.8) is 0 Å². The van der Waals surface area contributed by atoms with Crippen LogP contribution in [0.2, 0.25) is 0 Å². The molecule has 7 nitrogen and oxygen atoms in total. The zero-order valence-corrected chi connectivity index (χ0v) is 15.3. The Hall–Kier alpha value is -2.61. The van der Waals surface area contributed by atoms with E-state index < -0.39 is 5.97 Å². The lowest BCUT2D eigenvalue weighted by Crippen LogP contribution is -2.16. The lowest BCUT2D eigenvalue weighted by Gasteiger charge is -2.13. The lowest BCUT2D eigenvalue weighted by molar-refractivity contribution is 0.0598. The fourth-order valence-electron chi connectivity index (χ4n) is 3.10. The second kappa shape index (κ2) is 6.60. The van der Waals surface area contributed by atoms with Gasteiger partial charge in [-0.05, 0) is 31.4 Å². The molecular formula is C18H18N4O3S. The Balaban J connectivity index is 1.73. The van der Waals surface area contributed by atoms with Gasteiger partial charge in [-0.1, -0.05) is 30.0 Å². The van der Waals surface area contributed by atoms with Crippen molar-refractivity contribution in [3.8, 4) is 0 Å². The molecule has 1 saturated carbocycles. The van der Waals surface area contributed by atoms with Gasteiger partial charge in [-0.25, -0.2) is 14.7 Å². The number of nitrogens with zero attached hydrogens (tertiary/aromatic N) is 3. The summed E-state index contributed by atoms with van der Waals surface area (Å²) in [6.45, 7) is 1.90. The van der Waals surface area contributed by atoms with Crippen LogP contribution >= 0.6 is 11.8 Å². The SMILES string of the molecule is COC(=O)c1c(CSc2n[nH]c(=O)n2C2CC2)nc2ccccc2c1C. The number of aryl methyl sites for hydroxylation is 1. The number of benzene rings is 1. The highest BCUT2D eigenvalue weighted by atomic mass is 32.2. The van der Waals surface area contributed by atoms with Crippen LogP contribution in [0.5, 0.6) is 0 Å². The number of pyridine rings is 1. The summed E-state index contributed by atoms with van der Waals surface area (Å²) >= 11 is 1.40. The first-order valence-electron chi connectivity index (χ1n) is 8.36. The standard InChI is InChI=1S/C18H18N4O3S/c1-10-12-5-3-4-6-13(12)19-14(15(10)16(23)25-2)9-26-18-21-20-17(24)22(18)11-7-8-11/h3-6,11H,7-9H2,1-2H3,(H,20,24). The molecule has 26 heavy (non-hydrogen) atoms. The molecule has 0 bridgehead atoms. The van der Waals surface area contributed by atoms with Crippen molar-refractivity contribution < 1.29 is 9.53 Å². The zero-order chi connectivity index (χ0) is 18.3. The summed E-state index contributed by atoms with van der Waals surface area (Å²) in [6.07, 6.45) is 1.99. The number of hydrogen-bond donors (Lipinski definition) is 1. The summed E-state index contributed by atoms with van der Waals surface area (Å²) in [5.41, 5.74) is 2.60. The average Bonchev–Trinajstić information content (AvgIpc) is 3.42. The molecule has 0 unspecified atom stereocenters. The monoisotopic (exact) mass is 370 g/mol. The van der Waals surface area contributed by atoms with Gasteiger partial charge in [-0.2, -0.15) is 0 Å². The van der Waals surface area contributed by atoms with E-state index in [-0.39, 0.29) is 11.7 Å². The molecule has 1 aromatic carbocycles. The molecule has 0 spiro atoms. The molecule has 3 aromatic rings. The van der Waals surface area contributed by atoms with Gasteiger partial charge in [0.2, 0.25) is 0 Å². The molecule has 0 aliphatic heterocycles. The molecule has 8 heteroatoms. The molecular weight excluding hydrogens is 352 g/mol. The van der Waals surface area contributed by atoms with Gasteiger partial charge in [0.05, 0.1) is 23.9 Å². The van der Waals surface area contributed by atoms with Crippen LogP contribution in [0.3, 0.4) is 0 Å². The molecule has 0 atom stereocenters. The summed E-state index contributed by atoms with van der Waals surface area (Å²) in [7, 11) is 1.37. The van der Waals surface area contributed by atoms with Crippen molar-refractivity contribution in [2.75, 3.05) is 7.11 Å². The topological polar surface area (TPSA) is 89.9 Å². The summed E-state index contributed by atoms with van der Waals surface area (Å²) < 4.78 is 6.66. The maximum Gasteiger partial charge on any atom is 0.344 e. The van der Waals surface area contributed by atoms with Gasteiger partial charge in [0.15, 0.2) is 5.16 Å². The van der Waals surface area contributed by atoms with E-state index in [9.17, 15) is 9.59 Å². The second-order valence-corrected chi connectivity index (χ2v) is 7.21. The molecule has 2 heterocycles. The van der Waals surface area contributed by atoms with Crippen molar-refractivity contribution >= 4 is 28.6 Å². The maximum absolute atomic E-state index is 12.4. The van der Waals surface area contributed by atoms with Crippen LogP contribution in [0.4, 0.5) is 0 Å².